The Kier molecular flexibility index (Phi) is 4.25. The fourth-order valence-corrected chi connectivity index (χ4v) is 1.60. The standard InChI is InChI=1S/C11H17N3O3/c1-4-8(11(16)17)5-12-10(15)9-6(2)13-14-7(9)3/h8H,4-5H2,1-3H3,(H,12,15)(H,13,14)(H,16,17). The van der Waals surface area contributed by atoms with E-state index in [1.165, 1.54) is 0 Å². The topological polar surface area (TPSA) is 95.1 Å². The van der Waals surface area contributed by atoms with Crippen molar-refractivity contribution in [3.63, 3.8) is 0 Å². The fourth-order valence-electron chi connectivity index (χ4n) is 1.60. The minimum Gasteiger partial charge on any atom is -0.481 e. The Balaban J connectivity index is 2.65. The lowest BCUT2D eigenvalue weighted by molar-refractivity contribution is -0.141. The van der Waals surface area contributed by atoms with Crippen LogP contribution in [0.4, 0.5) is 0 Å². The third-order valence-electron chi connectivity index (χ3n) is 2.71. The summed E-state index contributed by atoms with van der Waals surface area (Å²) >= 11 is 0. The summed E-state index contributed by atoms with van der Waals surface area (Å²) in [5.41, 5.74) is 1.79. The number of H-pyrrole nitrogens is 1. The zero-order valence-corrected chi connectivity index (χ0v) is 10.2. The van der Waals surface area contributed by atoms with Gasteiger partial charge in [-0.1, -0.05) is 6.92 Å². The number of carboxylic acid groups (broad SMARTS) is 1. The van der Waals surface area contributed by atoms with E-state index in [-0.39, 0.29) is 12.5 Å². The summed E-state index contributed by atoms with van der Waals surface area (Å²) in [7, 11) is 0. The predicted octanol–water partition coefficient (Wildman–Crippen LogP) is 0.867. The van der Waals surface area contributed by atoms with Gasteiger partial charge in [-0.25, -0.2) is 0 Å². The third kappa shape index (κ3) is 3.05. The second-order valence-electron chi connectivity index (χ2n) is 3.96. The van der Waals surface area contributed by atoms with Crippen LogP contribution in [0.2, 0.25) is 0 Å². The van der Waals surface area contributed by atoms with Gasteiger partial charge in [-0.15, -0.1) is 0 Å². The zero-order valence-electron chi connectivity index (χ0n) is 10.2. The number of aromatic nitrogens is 2. The molecule has 94 valence electrons. The lowest BCUT2D eigenvalue weighted by Gasteiger charge is -2.11. The van der Waals surface area contributed by atoms with Crippen LogP contribution in [0.3, 0.4) is 0 Å². The van der Waals surface area contributed by atoms with Crippen LogP contribution in [0.5, 0.6) is 0 Å². The molecule has 1 aromatic heterocycles. The average Bonchev–Trinajstić information content (AvgIpc) is 2.58. The zero-order chi connectivity index (χ0) is 13.0. The average molecular weight is 239 g/mol. The highest BCUT2D eigenvalue weighted by Gasteiger charge is 2.19. The van der Waals surface area contributed by atoms with Gasteiger partial charge in [0.15, 0.2) is 0 Å². The van der Waals surface area contributed by atoms with E-state index in [9.17, 15) is 9.59 Å². The quantitative estimate of drug-likeness (QED) is 0.710. The minimum absolute atomic E-state index is 0.134. The van der Waals surface area contributed by atoms with E-state index in [0.717, 1.165) is 0 Å². The molecule has 0 fully saturated rings. The number of carboxylic acids is 1. The second kappa shape index (κ2) is 5.47. The summed E-state index contributed by atoms with van der Waals surface area (Å²) in [6.07, 6.45) is 0.485. The number of nitrogens with one attached hydrogen (secondary N) is 2. The highest BCUT2D eigenvalue weighted by molar-refractivity contribution is 5.96. The minimum atomic E-state index is -0.895. The van der Waals surface area contributed by atoms with E-state index in [0.29, 0.717) is 23.4 Å². The summed E-state index contributed by atoms with van der Waals surface area (Å²) in [5.74, 6) is -1.73. The fraction of sp³-hybridized carbons (Fsp3) is 0.545. The van der Waals surface area contributed by atoms with Crippen molar-refractivity contribution in [3.05, 3.63) is 17.0 Å². The predicted molar refractivity (Wildman–Crippen MR) is 61.8 cm³/mol. The molecule has 1 atom stereocenters. The monoisotopic (exact) mass is 239 g/mol. The number of aliphatic carboxylic acids is 1. The van der Waals surface area contributed by atoms with Crippen molar-refractivity contribution in [3.8, 4) is 0 Å². The molecule has 0 spiro atoms. The Bertz CT molecular complexity index is 406. The number of hydrogen-bond donors (Lipinski definition) is 3. The molecule has 0 aromatic carbocycles. The third-order valence-corrected chi connectivity index (χ3v) is 2.71. The van der Waals surface area contributed by atoms with Crippen molar-refractivity contribution in [2.24, 2.45) is 5.92 Å². The molecule has 0 saturated heterocycles. The van der Waals surface area contributed by atoms with Gasteiger partial charge in [0.25, 0.3) is 5.91 Å². The number of aromatic amines is 1. The highest BCUT2D eigenvalue weighted by Crippen LogP contribution is 2.09. The SMILES string of the molecule is CCC(CNC(=O)c1c(C)n[nH]c1C)C(=O)O. The van der Waals surface area contributed by atoms with E-state index >= 15 is 0 Å². The Morgan fingerprint density at radius 1 is 1.47 bits per heavy atom. The highest BCUT2D eigenvalue weighted by atomic mass is 16.4. The van der Waals surface area contributed by atoms with E-state index in [2.05, 4.69) is 15.5 Å². The molecule has 17 heavy (non-hydrogen) atoms. The van der Waals surface area contributed by atoms with Gasteiger partial charge >= 0.3 is 5.97 Å². The summed E-state index contributed by atoms with van der Waals surface area (Å²) in [4.78, 5) is 22.6. The van der Waals surface area contributed by atoms with E-state index in [1.807, 2.05) is 0 Å². The van der Waals surface area contributed by atoms with Gasteiger partial charge in [0.2, 0.25) is 0 Å². The molecule has 1 rings (SSSR count). The summed E-state index contributed by atoms with van der Waals surface area (Å²) in [6, 6.07) is 0. The number of carbonyl (C=O) groups excluding carboxylic acids is 1. The van der Waals surface area contributed by atoms with Crippen molar-refractivity contribution >= 4 is 11.9 Å². The molecule has 6 heteroatoms. The molecule has 0 bridgehead atoms. The molecule has 0 saturated carbocycles. The first kappa shape index (κ1) is 13.2. The molecule has 0 aliphatic heterocycles. The van der Waals surface area contributed by atoms with Crippen LogP contribution in [-0.4, -0.2) is 33.7 Å². The lowest BCUT2D eigenvalue weighted by Crippen LogP contribution is -2.33. The Morgan fingerprint density at radius 2 is 2.12 bits per heavy atom. The Labute approximate surface area is 99.4 Å². The number of nitrogens with zero attached hydrogens (tertiary/aromatic N) is 1. The Morgan fingerprint density at radius 3 is 2.53 bits per heavy atom. The Hall–Kier alpha value is -1.85. The molecule has 0 radical (unpaired) electrons. The number of aryl methyl sites for hydroxylation is 2. The van der Waals surface area contributed by atoms with Crippen LogP contribution >= 0.6 is 0 Å². The molecule has 0 aliphatic carbocycles. The second-order valence-corrected chi connectivity index (χ2v) is 3.96. The van der Waals surface area contributed by atoms with Crippen LogP contribution < -0.4 is 5.32 Å². The van der Waals surface area contributed by atoms with Crippen LogP contribution in [0, 0.1) is 19.8 Å². The first-order chi connectivity index (χ1) is 7.97. The molecule has 1 aromatic rings. The van der Waals surface area contributed by atoms with Crippen molar-refractivity contribution in [1.29, 1.82) is 0 Å². The smallest absolute Gasteiger partial charge is 0.308 e. The van der Waals surface area contributed by atoms with Crippen molar-refractivity contribution in [2.75, 3.05) is 6.54 Å². The molecule has 1 heterocycles. The molecule has 1 amide bonds. The number of carbonyl (C=O) groups is 2. The number of hydrogen-bond acceptors (Lipinski definition) is 3. The maximum atomic E-state index is 11.8. The van der Waals surface area contributed by atoms with Gasteiger partial charge in [0, 0.05) is 12.2 Å². The van der Waals surface area contributed by atoms with Gasteiger partial charge in [0.05, 0.1) is 17.2 Å². The summed E-state index contributed by atoms with van der Waals surface area (Å²) < 4.78 is 0. The number of rotatable bonds is 5. The van der Waals surface area contributed by atoms with Crippen LogP contribution in [0.1, 0.15) is 35.1 Å². The van der Waals surface area contributed by atoms with Gasteiger partial charge in [-0.05, 0) is 20.3 Å². The maximum Gasteiger partial charge on any atom is 0.308 e. The molecule has 0 aliphatic rings. The molecular formula is C11H17N3O3. The lowest BCUT2D eigenvalue weighted by atomic mass is 10.1. The normalized spacial score (nSPS) is 12.2. The van der Waals surface area contributed by atoms with Gasteiger partial charge in [0.1, 0.15) is 0 Å². The molecule has 3 N–H and O–H groups in total. The largest absolute Gasteiger partial charge is 0.481 e. The number of amides is 1. The molecule has 6 nitrogen and oxygen atoms in total. The van der Waals surface area contributed by atoms with Gasteiger partial charge in [-0.2, -0.15) is 5.10 Å². The van der Waals surface area contributed by atoms with Crippen molar-refractivity contribution in [1.82, 2.24) is 15.5 Å². The van der Waals surface area contributed by atoms with Gasteiger partial charge < -0.3 is 10.4 Å². The first-order valence-corrected chi connectivity index (χ1v) is 5.49. The first-order valence-electron chi connectivity index (χ1n) is 5.49. The van der Waals surface area contributed by atoms with E-state index < -0.39 is 11.9 Å². The summed E-state index contributed by atoms with van der Waals surface area (Å²) in [6.45, 7) is 5.39. The molecular weight excluding hydrogens is 222 g/mol. The van der Waals surface area contributed by atoms with Crippen LogP contribution in [0.25, 0.3) is 0 Å². The van der Waals surface area contributed by atoms with Gasteiger partial charge in [-0.3, -0.25) is 14.7 Å². The summed E-state index contributed by atoms with van der Waals surface area (Å²) in [5, 5.41) is 18.1. The van der Waals surface area contributed by atoms with Crippen LogP contribution in [-0.2, 0) is 4.79 Å². The van der Waals surface area contributed by atoms with Crippen molar-refractivity contribution in [2.45, 2.75) is 27.2 Å². The van der Waals surface area contributed by atoms with Crippen LogP contribution in [0.15, 0.2) is 0 Å². The van der Waals surface area contributed by atoms with E-state index in [4.69, 9.17) is 5.11 Å². The molecule has 1 unspecified atom stereocenters. The van der Waals surface area contributed by atoms with E-state index in [1.54, 1.807) is 20.8 Å². The maximum absolute atomic E-state index is 11.8. The van der Waals surface area contributed by atoms with Crippen molar-refractivity contribution < 1.29 is 14.7 Å².